The number of nitrogens with two attached hydrogens (primary N) is 1. The summed E-state index contributed by atoms with van der Waals surface area (Å²) < 4.78 is 11.8. The van der Waals surface area contributed by atoms with Gasteiger partial charge in [-0.2, -0.15) is 0 Å². The van der Waals surface area contributed by atoms with E-state index in [4.69, 9.17) is 10.5 Å². The topological polar surface area (TPSA) is 83.5 Å². The first-order valence-corrected chi connectivity index (χ1v) is 6.38. The third-order valence-electron chi connectivity index (χ3n) is 2.90. The molecule has 2 N–H and O–H groups in total. The Hall–Kier alpha value is -2.76. The van der Waals surface area contributed by atoms with E-state index in [9.17, 15) is 9.59 Å². The lowest BCUT2D eigenvalue weighted by Gasteiger charge is -2.11. The molecule has 0 spiro atoms. The van der Waals surface area contributed by atoms with Crippen molar-refractivity contribution in [3.8, 4) is 5.75 Å². The first-order chi connectivity index (χ1) is 10.1. The molecule has 0 amide bonds. The molecule has 2 aromatic rings. The van der Waals surface area contributed by atoms with Crippen LogP contribution >= 0.6 is 0 Å². The Bertz CT molecular complexity index is 694. The summed E-state index contributed by atoms with van der Waals surface area (Å²) >= 11 is 0. The van der Waals surface area contributed by atoms with Gasteiger partial charge >= 0.3 is 5.97 Å². The molecule has 0 radical (unpaired) electrons. The normalized spacial score (nSPS) is 10.1. The fraction of sp³-hybridized carbons (Fsp3) is 0.200. The number of hydrogen-bond donors (Lipinski definition) is 1. The minimum atomic E-state index is -0.519. The first-order valence-electron chi connectivity index (χ1n) is 6.38. The van der Waals surface area contributed by atoms with Crippen LogP contribution < -0.4 is 16.0 Å². The summed E-state index contributed by atoms with van der Waals surface area (Å²) in [7, 11) is 1.29. The number of esters is 1. The number of nitrogen functional groups attached to an aromatic ring is 1. The number of nitrogens with zero attached hydrogens (tertiary/aromatic N) is 1. The van der Waals surface area contributed by atoms with Crippen molar-refractivity contribution in [3.05, 3.63) is 58.5 Å². The van der Waals surface area contributed by atoms with Crippen LogP contribution in [0.1, 0.15) is 10.4 Å². The fourth-order valence-corrected chi connectivity index (χ4v) is 1.84. The van der Waals surface area contributed by atoms with Crippen molar-refractivity contribution in [2.45, 2.75) is 6.54 Å². The molecule has 0 bridgehead atoms. The molecule has 6 heteroatoms. The minimum absolute atomic E-state index is 0.105. The molecule has 0 unspecified atom stereocenters. The number of rotatable bonds is 5. The monoisotopic (exact) mass is 288 g/mol. The second-order valence-electron chi connectivity index (χ2n) is 4.33. The molecular formula is C15H16N2O4. The van der Waals surface area contributed by atoms with Crippen LogP contribution in [0.25, 0.3) is 0 Å². The fourth-order valence-electron chi connectivity index (χ4n) is 1.84. The summed E-state index contributed by atoms with van der Waals surface area (Å²) in [6.45, 7) is 0.627. The van der Waals surface area contributed by atoms with E-state index in [2.05, 4.69) is 4.74 Å². The zero-order valence-electron chi connectivity index (χ0n) is 11.6. The van der Waals surface area contributed by atoms with Crippen molar-refractivity contribution in [2.75, 3.05) is 19.5 Å². The second kappa shape index (κ2) is 6.60. The standard InChI is InChI=1S/C15H16N2O4/c1-20-15(19)12-10-11(16)5-6-13(12)21-9-8-17-7-3-2-4-14(17)18/h2-7,10H,8-9,16H2,1H3. The zero-order valence-corrected chi connectivity index (χ0v) is 11.6. The number of anilines is 1. The molecular weight excluding hydrogens is 272 g/mol. The van der Waals surface area contributed by atoms with E-state index in [1.807, 2.05) is 0 Å². The van der Waals surface area contributed by atoms with Gasteiger partial charge in [0, 0.05) is 18.0 Å². The van der Waals surface area contributed by atoms with E-state index in [-0.39, 0.29) is 17.7 Å². The second-order valence-corrected chi connectivity index (χ2v) is 4.33. The van der Waals surface area contributed by atoms with Crippen LogP contribution in [0.5, 0.6) is 5.75 Å². The molecule has 0 saturated heterocycles. The number of methoxy groups -OCH3 is 1. The number of aromatic nitrogens is 1. The van der Waals surface area contributed by atoms with Gasteiger partial charge < -0.3 is 19.8 Å². The molecule has 0 fully saturated rings. The van der Waals surface area contributed by atoms with Gasteiger partial charge in [0.2, 0.25) is 0 Å². The van der Waals surface area contributed by atoms with Crippen LogP contribution in [-0.2, 0) is 11.3 Å². The highest BCUT2D eigenvalue weighted by Gasteiger charge is 2.13. The van der Waals surface area contributed by atoms with Gasteiger partial charge in [0.1, 0.15) is 17.9 Å². The van der Waals surface area contributed by atoms with E-state index in [0.29, 0.717) is 18.0 Å². The molecule has 0 atom stereocenters. The van der Waals surface area contributed by atoms with Gasteiger partial charge in [0.15, 0.2) is 0 Å². The van der Waals surface area contributed by atoms with Crippen molar-refractivity contribution in [3.63, 3.8) is 0 Å². The van der Waals surface area contributed by atoms with E-state index >= 15 is 0 Å². The Morgan fingerprint density at radius 3 is 2.81 bits per heavy atom. The van der Waals surface area contributed by atoms with Crippen LogP contribution in [0.15, 0.2) is 47.4 Å². The number of pyridine rings is 1. The largest absolute Gasteiger partial charge is 0.491 e. The van der Waals surface area contributed by atoms with E-state index in [1.165, 1.54) is 23.8 Å². The van der Waals surface area contributed by atoms with Crippen LogP contribution in [0.2, 0.25) is 0 Å². The van der Waals surface area contributed by atoms with Crippen molar-refractivity contribution < 1.29 is 14.3 Å². The van der Waals surface area contributed by atoms with Gasteiger partial charge in [-0.1, -0.05) is 6.07 Å². The lowest BCUT2D eigenvalue weighted by Crippen LogP contribution is -2.21. The maximum Gasteiger partial charge on any atom is 0.341 e. The highest BCUT2D eigenvalue weighted by molar-refractivity contribution is 5.93. The maximum absolute atomic E-state index is 11.7. The summed E-state index contributed by atoms with van der Waals surface area (Å²) in [5, 5.41) is 0. The van der Waals surface area contributed by atoms with Crippen molar-refractivity contribution in [1.29, 1.82) is 0 Å². The molecule has 1 aromatic carbocycles. The van der Waals surface area contributed by atoms with Crippen molar-refractivity contribution in [1.82, 2.24) is 4.57 Å². The van der Waals surface area contributed by atoms with Gasteiger partial charge in [-0.3, -0.25) is 4.79 Å². The molecule has 0 aliphatic heterocycles. The van der Waals surface area contributed by atoms with Gasteiger partial charge in [0.05, 0.1) is 13.7 Å². The van der Waals surface area contributed by atoms with Gasteiger partial charge in [-0.15, -0.1) is 0 Å². The summed E-state index contributed by atoms with van der Waals surface area (Å²) in [5.74, 6) is -0.144. The lowest BCUT2D eigenvalue weighted by molar-refractivity contribution is 0.0596. The molecule has 2 rings (SSSR count). The Morgan fingerprint density at radius 2 is 2.10 bits per heavy atom. The summed E-state index contributed by atoms with van der Waals surface area (Å²) in [4.78, 5) is 23.2. The van der Waals surface area contributed by atoms with Crippen LogP contribution in [0.3, 0.4) is 0 Å². The molecule has 1 aromatic heterocycles. The lowest BCUT2D eigenvalue weighted by atomic mass is 10.2. The average molecular weight is 288 g/mol. The number of carbonyl (C=O) groups excluding carboxylic acids is 1. The third-order valence-corrected chi connectivity index (χ3v) is 2.90. The predicted molar refractivity (Wildman–Crippen MR) is 78.4 cm³/mol. The third kappa shape index (κ3) is 3.62. The number of hydrogen-bond acceptors (Lipinski definition) is 5. The molecule has 21 heavy (non-hydrogen) atoms. The Kier molecular flexibility index (Phi) is 4.61. The average Bonchev–Trinajstić information content (AvgIpc) is 2.49. The van der Waals surface area contributed by atoms with Gasteiger partial charge in [0.25, 0.3) is 5.56 Å². The van der Waals surface area contributed by atoms with Crippen LogP contribution in [0.4, 0.5) is 5.69 Å². The molecule has 0 saturated carbocycles. The molecule has 0 aliphatic carbocycles. The summed E-state index contributed by atoms with van der Waals surface area (Å²) in [6.07, 6.45) is 1.68. The quantitative estimate of drug-likeness (QED) is 0.662. The predicted octanol–water partition coefficient (Wildman–Crippen LogP) is 1.30. The Balaban J connectivity index is 2.08. The number of carbonyl (C=O) groups is 1. The Morgan fingerprint density at radius 1 is 1.29 bits per heavy atom. The van der Waals surface area contributed by atoms with Gasteiger partial charge in [-0.25, -0.2) is 4.79 Å². The molecule has 6 nitrogen and oxygen atoms in total. The number of ether oxygens (including phenoxy) is 2. The highest BCUT2D eigenvalue weighted by atomic mass is 16.5. The van der Waals surface area contributed by atoms with Gasteiger partial charge in [-0.05, 0) is 24.3 Å². The van der Waals surface area contributed by atoms with Crippen LogP contribution in [-0.4, -0.2) is 24.3 Å². The van der Waals surface area contributed by atoms with Crippen molar-refractivity contribution in [2.24, 2.45) is 0 Å². The Labute approximate surface area is 121 Å². The zero-order chi connectivity index (χ0) is 15.2. The highest BCUT2D eigenvalue weighted by Crippen LogP contribution is 2.22. The molecule has 1 heterocycles. The maximum atomic E-state index is 11.7. The van der Waals surface area contributed by atoms with Crippen molar-refractivity contribution >= 4 is 11.7 Å². The van der Waals surface area contributed by atoms with E-state index in [0.717, 1.165) is 0 Å². The van der Waals surface area contributed by atoms with Crippen LogP contribution in [0, 0.1) is 0 Å². The molecule has 110 valence electrons. The summed E-state index contributed by atoms with van der Waals surface area (Å²) in [5.41, 5.74) is 6.25. The SMILES string of the molecule is COC(=O)c1cc(N)ccc1OCCn1ccccc1=O. The van der Waals surface area contributed by atoms with E-state index in [1.54, 1.807) is 30.5 Å². The minimum Gasteiger partial charge on any atom is -0.491 e. The smallest absolute Gasteiger partial charge is 0.341 e. The first kappa shape index (κ1) is 14.6. The number of benzene rings is 1. The van der Waals surface area contributed by atoms with E-state index < -0.39 is 5.97 Å². The molecule has 0 aliphatic rings. The summed E-state index contributed by atoms with van der Waals surface area (Å²) in [6, 6.07) is 9.66.